The van der Waals surface area contributed by atoms with Crippen molar-refractivity contribution < 1.29 is 23.3 Å². The lowest BCUT2D eigenvalue weighted by atomic mass is 10.1. The molecule has 2 fully saturated rings. The third kappa shape index (κ3) is 2.30. The van der Waals surface area contributed by atoms with E-state index in [4.69, 9.17) is 18.9 Å². The van der Waals surface area contributed by atoms with Crippen LogP contribution in [0.1, 0.15) is 20.1 Å². The number of aromatic amines is 1. The smallest absolute Gasteiger partial charge is 0.330 e. The number of nitrogens with one attached hydrogen (secondary N) is 1. The second-order valence-corrected chi connectivity index (χ2v) is 5.71. The predicted molar refractivity (Wildman–Crippen MR) is 71.0 cm³/mol. The number of ether oxygens (including phenoxy) is 4. The van der Waals surface area contributed by atoms with Crippen molar-refractivity contribution >= 4 is 0 Å². The molecule has 0 radical (unpaired) electrons. The zero-order chi connectivity index (χ0) is 16.1. The SMILES string of the molecule is COC(n1ccc(=O)[nH]c1=O)[C@]1(F)OC[C@H]2OC(C)(C)O[C@H]21. The number of hydrogen-bond donors (Lipinski definition) is 1. The number of H-pyrrole nitrogens is 1. The maximum Gasteiger partial charge on any atom is 0.330 e. The van der Waals surface area contributed by atoms with Gasteiger partial charge in [0.05, 0.1) is 6.61 Å². The molecular formula is C13H17FN2O6. The van der Waals surface area contributed by atoms with E-state index in [1.54, 1.807) is 13.8 Å². The Hall–Kier alpha value is -1.55. The molecule has 1 aromatic heterocycles. The Bertz CT molecular complexity index is 686. The highest BCUT2D eigenvalue weighted by Gasteiger charge is 2.64. The van der Waals surface area contributed by atoms with Crippen molar-refractivity contribution in [2.75, 3.05) is 13.7 Å². The van der Waals surface area contributed by atoms with Crippen LogP contribution >= 0.6 is 0 Å². The fraction of sp³-hybridized carbons (Fsp3) is 0.692. The van der Waals surface area contributed by atoms with Crippen LogP contribution in [-0.2, 0) is 18.9 Å². The normalized spacial score (nSPS) is 34.5. The molecular weight excluding hydrogens is 299 g/mol. The van der Waals surface area contributed by atoms with Crippen molar-refractivity contribution in [3.8, 4) is 0 Å². The molecule has 22 heavy (non-hydrogen) atoms. The van der Waals surface area contributed by atoms with Gasteiger partial charge in [-0.3, -0.25) is 14.3 Å². The Balaban J connectivity index is 2.00. The highest BCUT2D eigenvalue weighted by molar-refractivity contribution is 5.01. The van der Waals surface area contributed by atoms with E-state index in [1.165, 1.54) is 7.11 Å². The minimum absolute atomic E-state index is 0.0252. The summed E-state index contributed by atoms with van der Waals surface area (Å²) in [5.41, 5.74) is -1.39. The third-order valence-electron chi connectivity index (χ3n) is 3.70. The monoisotopic (exact) mass is 316 g/mol. The van der Waals surface area contributed by atoms with Crippen LogP contribution in [0.25, 0.3) is 0 Å². The number of rotatable bonds is 3. The number of nitrogens with zero attached hydrogens (tertiary/aromatic N) is 1. The zero-order valence-corrected chi connectivity index (χ0v) is 12.4. The first-order chi connectivity index (χ1) is 10.3. The number of fused-ring (bicyclic) bond motifs is 1. The standard InChI is InChI=1S/C13H17FN2O6/c1-12(2)21-7-6-20-13(14,9(7)22-12)10(19-3)16-5-4-8(17)15-11(16)18/h4-5,7,9-10H,6H2,1-3H3,(H,15,17,18)/t7-,9-,10?,13-/m1/s1. The van der Waals surface area contributed by atoms with Gasteiger partial charge in [-0.25, -0.2) is 9.18 Å². The van der Waals surface area contributed by atoms with Crippen LogP contribution in [0.2, 0.25) is 0 Å². The van der Waals surface area contributed by atoms with Gasteiger partial charge in [-0.05, 0) is 13.8 Å². The molecule has 1 aromatic rings. The van der Waals surface area contributed by atoms with Crippen LogP contribution in [0.3, 0.4) is 0 Å². The first-order valence-electron chi connectivity index (χ1n) is 6.79. The van der Waals surface area contributed by atoms with E-state index < -0.39 is 41.3 Å². The molecule has 9 heteroatoms. The predicted octanol–water partition coefficient (Wildman–Crippen LogP) is -0.102. The van der Waals surface area contributed by atoms with Crippen LogP contribution in [-0.4, -0.2) is 47.1 Å². The molecule has 4 atom stereocenters. The van der Waals surface area contributed by atoms with Crippen molar-refractivity contribution in [1.82, 2.24) is 9.55 Å². The second-order valence-electron chi connectivity index (χ2n) is 5.71. The molecule has 1 unspecified atom stereocenters. The van der Waals surface area contributed by atoms with Gasteiger partial charge < -0.3 is 18.9 Å². The van der Waals surface area contributed by atoms with Gasteiger partial charge >= 0.3 is 5.69 Å². The molecule has 2 aliphatic rings. The lowest BCUT2D eigenvalue weighted by Crippen LogP contribution is -2.50. The Morgan fingerprint density at radius 1 is 1.45 bits per heavy atom. The highest BCUT2D eigenvalue weighted by Crippen LogP contribution is 2.46. The van der Waals surface area contributed by atoms with Crippen molar-refractivity contribution in [2.24, 2.45) is 0 Å². The minimum atomic E-state index is -2.42. The fourth-order valence-electron chi connectivity index (χ4n) is 2.87. The van der Waals surface area contributed by atoms with E-state index in [0.717, 1.165) is 16.8 Å². The summed E-state index contributed by atoms with van der Waals surface area (Å²) < 4.78 is 37.8. The Labute approximate surface area is 124 Å². The quantitative estimate of drug-likeness (QED) is 0.837. The van der Waals surface area contributed by atoms with E-state index in [2.05, 4.69) is 0 Å². The van der Waals surface area contributed by atoms with E-state index in [-0.39, 0.29) is 6.61 Å². The minimum Gasteiger partial charge on any atom is -0.355 e. The molecule has 3 heterocycles. The summed E-state index contributed by atoms with van der Waals surface area (Å²) in [4.78, 5) is 25.1. The molecule has 0 saturated carbocycles. The van der Waals surface area contributed by atoms with Gasteiger partial charge in [-0.15, -0.1) is 0 Å². The van der Waals surface area contributed by atoms with Gasteiger partial charge in [0, 0.05) is 19.4 Å². The Morgan fingerprint density at radius 3 is 2.82 bits per heavy atom. The first kappa shape index (κ1) is 15.3. The first-order valence-corrected chi connectivity index (χ1v) is 6.79. The van der Waals surface area contributed by atoms with Crippen molar-refractivity contribution in [3.63, 3.8) is 0 Å². The van der Waals surface area contributed by atoms with Crippen molar-refractivity contribution in [3.05, 3.63) is 33.1 Å². The number of methoxy groups -OCH3 is 1. The Kier molecular flexibility index (Phi) is 3.48. The molecule has 1 N–H and O–H groups in total. The van der Waals surface area contributed by atoms with Gasteiger partial charge in [0.2, 0.25) is 0 Å². The summed E-state index contributed by atoms with van der Waals surface area (Å²) in [5.74, 6) is -3.38. The molecule has 122 valence electrons. The zero-order valence-electron chi connectivity index (χ0n) is 12.4. The molecule has 0 aromatic carbocycles. The van der Waals surface area contributed by atoms with E-state index in [0.29, 0.717) is 0 Å². The fourth-order valence-corrected chi connectivity index (χ4v) is 2.87. The van der Waals surface area contributed by atoms with Crippen LogP contribution in [0, 0.1) is 0 Å². The Morgan fingerprint density at radius 2 is 2.18 bits per heavy atom. The molecule has 0 aliphatic carbocycles. The molecule has 8 nitrogen and oxygen atoms in total. The van der Waals surface area contributed by atoms with Crippen LogP contribution in [0.15, 0.2) is 21.9 Å². The molecule has 2 saturated heterocycles. The molecule has 0 bridgehead atoms. The second kappa shape index (κ2) is 4.98. The van der Waals surface area contributed by atoms with E-state index in [1.807, 2.05) is 4.98 Å². The molecule has 2 aliphatic heterocycles. The number of alkyl halides is 1. The average Bonchev–Trinajstić information content (AvgIpc) is 2.89. The lowest BCUT2D eigenvalue weighted by Gasteiger charge is -2.33. The topological polar surface area (TPSA) is 91.8 Å². The van der Waals surface area contributed by atoms with Gasteiger partial charge in [0.1, 0.15) is 6.10 Å². The summed E-state index contributed by atoms with van der Waals surface area (Å²) >= 11 is 0. The largest absolute Gasteiger partial charge is 0.355 e. The summed E-state index contributed by atoms with van der Waals surface area (Å²) in [6, 6.07) is 1.10. The van der Waals surface area contributed by atoms with E-state index >= 15 is 4.39 Å². The summed E-state index contributed by atoms with van der Waals surface area (Å²) in [5, 5.41) is 0. The van der Waals surface area contributed by atoms with Gasteiger partial charge in [-0.2, -0.15) is 0 Å². The van der Waals surface area contributed by atoms with Crippen LogP contribution < -0.4 is 11.2 Å². The summed E-state index contributed by atoms with van der Waals surface area (Å²) in [6.07, 6.45) is -1.93. The number of halogens is 1. The number of aromatic nitrogens is 2. The highest BCUT2D eigenvalue weighted by atomic mass is 19.2. The van der Waals surface area contributed by atoms with E-state index in [9.17, 15) is 9.59 Å². The van der Waals surface area contributed by atoms with Crippen molar-refractivity contribution in [2.45, 2.75) is 43.9 Å². The maximum absolute atomic E-state index is 15.4. The summed E-state index contributed by atoms with van der Waals surface area (Å²) in [6.45, 7) is 3.31. The number of hydrogen-bond acceptors (Lipinski definition) is 6. The van der Waals surface area contributed by atoms with Crippen LogP contribution in [0.4, 0.5) is 4.39 Å². The average molecular weight is 316 g/mol. The van der Waals surface area contributed by atoms with Gasteiger partial charge in [0.15, 0.2) is 18.1 Å². The van der Waals surface area contributed by atoms with Crippen LogP contribution in [0.5, 0.6) is 0 Å². The molecule has 0 spiro atoms. The molecule has 0 amide bonds. The molecule has 3 rings (SSSR count). The lowest BCUT2D eigenvalue weighted by molar-refractivity contribution is -0.280. The summed E-state index contributed by atoms with van der Waals surface area (Å²) in [7, 11) is 1.24. The maximum atomic E-state index is 15.4. The van der Waals surface area contributed by atoms with Gasteiger partial charge in [0.25, 0.3) is 11.4 Å². The third-order valence-corrected chi connectivity index (χ3v) is 3.70. The van der Waals surface area contributed by atoms with Crippen molar-refractivity contribution in [1.29, 1.82) is 0 Å². The van der Waals surface area contributed by atoms with Gasteiger partial charge in [-0.1, -0.05) is 0 Å².